The zero-order chi connectivity index (χ0) is 14.0. The van der Waals surface area contributed by atoms with Gasteiger partial charge in [0.05, 0.1) is 15.7 Å². The fourth-order valence-corrected chi connectivity index (χ4v) is 1.95. The molecule has 0 saturated carbocycles. The second-order valence-corrected chi connectivity index (χ2v) is 4.50. The van der Waals surface area contributed by atoms with E-state index in [9.17, 15) is 9.59 Å². The van der Waals surface area contributed by atoms with Crippen molar-refractivity contribution in [1.29, 1.82) is 0 Å². The molecule has 0 radical (unpaired) electrons. The molecule has 2 rings (SSSR count). The Labute approximate surface area is 118 Å². The Morgan fingerprint density at radius 3 is 2.58 bits per heavy atom. The van der Waals surface area contributed by atoms with Crippen LogP contribution < -0.4 is 5.32 Å². The number of anilines is 1. The van der Waals surface area contributed by atoms with Gasteiger partial charge in [-0.3, -0.25) is 4.79 Å². The molecule has 1 amide bonds. The van der Waals surface area contributed by atoms with Gasteiger partial charge in [0.15, 0.2) is 0 Å². The van der Waals surface area contributed by atoms with Gasteiger partial charge in [0.25, 0.3) is 5.91 Å². The molecule has 2 aromatic rings. The Hall–Kier alpha value is -1.98. The van der Waals surface area contributed by atoms with E-state index in [2.05, 4.69) is 10.3 Å². The first-order chi connectivity index (χ1) is 8.99. The molecule has 1 heterocycles. The molecular weight excluding hydrogens is 291 g/mol. The number of aromatic amines is 1. The van der Waals surface area contributed by atoms with Gasteiger partial charge in [0.1, 0.15) is 11.3 Å². The van der Waals surface area contributed by atoms with Gasteiger partial charge in [-0.15, -0.1) is 0 Å². The monoisotopic (exact) mass is 298 g/mol. The molecule has 0 unspecified atom stereocenters. The summed E-state index contributed by atoms with van der Waals surface area (Å²) in [6, 6.07) is 5.87. The Morgan fingerprint density at radius 1 is 1.26 bits per heavy atom. The summed E-state index contributed by atoms with van der Waals surface area (Å²) in [5, 5.41) is 12.0. The van der Waals surface area contributed by atoms with Crippen LogP contribution in [0.3, 0.4) is 0 Å². The van der Waals surface area contributed by atoms with Crippen molar-refractivity contribution in [3.63, 3.8) is 0 Å². The number of nitrogens with one attached hydrogen (secondary N) is 2. The van der Waals surface area contributed by atoms with E-state index >= 15 is 0 Å². The number of halogens is 2. The van der Waals surface area contributed by atoms with Gasteiger partial charge in [0, 0.05) is 6.20 Å². The minimum Gasteiger partial charge on any atom is -0.478 e. The first-order valence-corrected chi connectivity index (χ1v) is 5.91. The van der Waals surface area contributed by atoms with E-state index in [1.807, 2.05) is 0 Å². The number of H-pyrrole nitrogens is 1. The fourth-order valence-electron chi connectivity index (χ4n) is 1.53. The molecule has 7 heteroatoms. The van der Waals surface area contributed by atoms with E-state index in [1.54, 1.807) is 6.07 Å². The van der Waals surface area contributed by atoms with Crippen LogP contribution in [0.2, 0.25) is 10.0 Å². The number of rotatable bonds is 3. The standard InChI is InChI=1S/C12H8Cl2N2O3/c13-6-4-9(15-5-6)11(17)16-8-3-1-2-7(14)10(8)12(18)19/h1-5,15H,(H,16,17)(H,18,19). The summed E-state index contributed by atoms with van der Waals surface area (Å²) in [7, 11) is 0. The molecule has 5 nitrogen and oxygen atoms in total. The van der Waals surface area contributed by atoms with Crippen LogP contribution in [0.15, 0.2) is 30.5 Å². The maximum absolute atomic E-state index is 11.9. The minimum atomic E-state index is -1.22. The van der Waals surface area contributed by atoms with Crippen molar-refractivity contribution in [2.75, 3.05) is 5.32 Å². The van der Waals surface area contributed by atoms with Gasteiger partial charge >= 0.3 is 5.97 Å². The van der Waals surface area contributed by atoms with Crippen molar-refractivity contribution in [2.24, 2.45) is 0 Å². The first-order valence-electron chi connectivity index (χ1n) is 5.16. The van der Waals surface area contributed by atoms with Crippen molar-refractivity contribution in [2.45, 2.75) is 0 Å². The Kier molecular flexibility index (Phi) is 3.78. The SMILES string of the molecule is O=C(Nc1cccc(Cl)c1C(=O)O)c1cc(Cl)c[nH]1. The second-order valence-electron chi connectivity index (χ2n) is 3.65. The molecule has 0 bridgehead atoms. The molecule has 0 fully saturated rings. The molecule has 0 spiro atoms. The number of carbonyl (C=O) groups excluding carboxylic acids is 1. The van der Waals surface area contributed by atoms with Crippen LogP contribution in [0.5, 0.6) is 0 Å². The molecule has 0 aliphatic carbocycles. The summed E-state index contributed by atoms with van der Waals surface area (Å²) in [6.07, 6.45) is 1.45. The summed E-state index contributed by atoms with van der Waals surface area (Å²) in [5.74, 6) is -1.72. The maximum atomic E-state index is 11.9. The van der Waals surface area contributed by atoms with Gasteiger partial charge in [0.2, 0.25) is 0 Å². The lowest BCUT2D eigenvalue weighted by atomic mass is 10.1. The number of hydrogen-bond donors (Lipinski definition) is 3. The molecule has 98 valence electrons. The van der Waals surface area contributed by atoms with E-state index in [-0.39, 0.29) is 22.0 Å². The third kappa shape index (κ3) is 2.89. The number of carboxylic acids is 1. The summed E-state index contributed by atoms with van der Waals surface area (Å²) in [5.41, 5.74) is 0.187. The third-order valence-electron chi connectivity index (χ3n) is 2.37. The van der Waals surface area contributed by atoms with Crippen LogP contribution in [0.25, 0.3) is 0 Å². The number of carbonyl (C=O) groups is 2. The molecule has 0 aliphatic rings. The van der Waals surface area contributed by atoms with Gasteiger partial charge in [-0.05, 0) is 18.2 Å². The van der Waals surface area contributed by atoms with Gasteiger partial charge in [-0.1, -0.05) is 29.3 Å². The number of carboxylic acid groups (broad SMARTS) is 1. The number of amides is 1. The molecule has 1 aromatic carbocycles. The normalized spacial score (nSPS) is 10.2. The van der Waals surface area contributed by atoms with Crippen LogP contribution in [0, 0.1) is 0 Å². The highest BCUT2D eigenvalue weighted by atomic mass is 35.5. The fraction of sp³-hybridized carbons (Fsp3) is 0. The molecule has 0 atom stereocenters. The van der Waals surface area contributed by atoms with Crippen LogP contribution in [-0.2, 0) is 0 Å². The highest BCUT2D eigenvalue weighted by Gasteiger charge is 2.17. The quantitative estimate of drug-likeness (QED) is 0.813. The van der Waals surface area contributed by atoms with E-state index in [0.29, 0.717) is 5.02 Å². The van der Waals surface area contributed by atoms with E-state index in [0.717, 1.165) is 0 Å². The van der Waals surface area contributed by atoms with Crippen molar-refractivity contribution in [3.8, 4) is 0 Å². The third-order valence-corrected chi connectivity index (χ3v) is 2.90. The Balaban J connectivity index is 2.31. The smallest absolute Gasteiger partial charge is 0.339 e. The topological polar surface area (TPSA) is 82.2 Å². The summed E-state index contributed by atoms with van der Waals surface area (Å²) >= 11 is 11.5. The molecule has 0 saturated heterocycles. The Morgan fingerprint density at radius 2 is 2.00 bits per heavy atom. The summed E-state index contributed by atoms with van der Waals surface area (Å²) in [4.78, 5) is 25.6. The second kappa shape index (κ2) is 5.34. The van der Waals surface area contributed by atoms with Crippen LogP contribution in [0.1, 0.15) is 20.8 Å². The van der Waals surface area contributed by atoms with Gasteiger partial charge < -0.3 is 15.4 Å². The summed E-state index contributed by atoms with van der Waals surface area (Å²) < 4.78 is 0. The summed E-state index contributed by atoms with van der Waals surface area (Å²) in [6.45, 7) is 0. The van der Waals surface area contributed by atoms with Crippen molar-refractivity contribution < 1.29 is 14.7 Å². The van der Waals surface area contributed by atoms with E-state index < -0.39 is 11.9 Å². The van der Waals surface area contributed by atoms with Gasteiger partial charge in [-0.25, -0.2) is 4.79 Å². The van der Waals surface area contributed by atoms with Crippen molar-refractivity contribution in [3.05, 3.63) is 51.8 Å². The van der Waals surface area contributed by atoms with Crippen LogP contribution in [0.4, 0.5) is 5.69 Å². The van der Waals surface area contributed by atoms with Gasteiger partial charge in [-0.2, -0.15) is 0 Å². The van der Waals surface area contributed by atoms with Crippen molar-refractivity contribution >= 4 is 40.8 Å². The first kappa shape index (κ1) is 13.5. The molecule has 0 aliphatic heterocycles. The molecular formula is C12H8Cl2N2O3. The van der Waals surface area contributed by atoms with Crippen molar-refractivity contribution in [1.82, 2.24) is 4.98 Å². The van der Waals surface area contributed by atoms with E-state index in [1.165, 1.54) is 24.4 Å². The predicted octanol–water partition coefficient (Wildman–Crippen LogP) is 3.27. The zero-order valence-corrected chi connectivity index (χ0v) is 10.9. The average molecular weight is 299 g/mol. The number of aromatic nitrogens is 1. The lowest BCUT2D eigenvalue weighted by Gasteiger charge is -2.08. The lowest BCUT2D eigenvalue weighted by molar-refractivity contribution is 0.0698. The zero-order valence-electron chi connectivity index (χ0n) is 9.41. The lowest BCUT2D eigenvalue weighted by Crippen LogP contribution is -2.15. The minimum absolute atomic E-state index is 0.0508. The molecule has 1 aromatic heterocycles. The number of benzene rings is 1. The Bertz CT molecular complexity index is 652. The highest BCUT2D eigenvalue weighted by Crippen LogP contribution is 2.25. The molecule has 19 heavy (non-hydrogen) atoms. The van der Waals surface area contributed by atoms with E-state index in [4.69, 9.17) is 28.3 Å². The van der Waals surface area contributed by atoms with Crippen LogP contribution in [-0.4, -0.2) is 22.0 Å². The maximum Gasteiger partial charge on any atom is 0.339 e. The number of aromatic carboxylic acids is 1. The predicted molar refractivity (Wildman–Crippen MR) is 72.2 cm³/mol. The molecule has 3 N–H and O–H groups in total. The van der Waals surface area contributed by atoms with Crippen LogP contribution >= 0.6 is 23.2 Å². The highest BCUT2D eigenvalue weighted by molar-refractivity contribution is 6.34. The number of hydrogen-bond acceptors (Lipinski definition) is 2. The largest absolute Gasteiger partial charge is 0.478 e. The average Bonchev–Trinajstić information content (AvgIpc) is 2.75.